The number of halogens is 7. The Morgan fingerprint density at radius 2 is 1.60 bits per heavy atom. The number of benzene rings is 2. The molecule has 42 heavy (non-hydrogen) atoms. The standard InChI is InChI=1S/C26H21F7N6O2S/c1-13(17-7-6-16(42(34,40)41)12-18(17)25(28,29)30)35-23-37-20-9-8-19(14-2-4-15(27)5-3-14)36-21(20)22(38-23)39-24(10-11-24)26(31,32)33/h2-9,12-13H,10-11H2,1H3,(H2,34,40,41)(H2,35,37,38,39)/t13-/m1/s1. The predicted octanol–water partition coefficient (Wildman–Crippen LogP) is 6.18. The van der Waals surface area contributed by atoms with Crippen molar-refractivity contribution in [1.82, 2.24) is 15.0 Å². The Morgan fingerprint density at radius 3 is 2.17 bits per heavy atom. The molecule has 0 aliphatic heterocycles. The minimum absolute atomic E-state index is 0.0426. The third-order valence-corrected chi connectivity index (χ3v) is 7.71. The molecule has 0 spiro atoms. The van der Waals surface area contributed by atoms with Gasteiger partial charge in [0.15, 0.2) is 5.82 Å². The van der Waals surface area contributed by atoms with Gasteiger partial charge in [-0.3, -0.25) is 0 Å². The van der Waals surface area contributed by atoms with Crippen molar-refractivity contribution in [1.29, 1.82) is 0 Å². The number of nitrogens with two attached hydrogens (primary N) is 1. The number of nitrogens with one attached hydrogen (secondary N) is 2. The minimum Gasteiger partial charge on any atom is -0.354 e. The van der Waals surface area contributed by atoms with Crippen LogP contribution < -0.4 is 15.8 Å². The lowest BCUT2D eigenvalue weighted by Gasteiger charge is -2.23. The Bertz CT molecular complexity index is 1770. The van der Waals surface area contributed by atoms with E-state index in [-0.39, 0.29) is 41.2 Å². The van der Waals surface area contributed by atoms with E-state index in [0.717, 1.165) is 12.1 Å². The van der Waals surface area contributed by atoms with E-state index in [4.69, 9.17) is 5.14 Å². The second-order valence-corrected chi connectivity index (χ2v) is 11.4. The molecule has 0 amide bonds. The van der Waals surface area contributed by atoms with Crippen LogP contribution in [0.2, 0.25) is 0 Å². The number of rotatable bonds is 7. The maximum Gasteiger partial charge on any atom is 0.416 e. The van der Waals surface area contributed by atoms with Crippen molar-refractivity contribution in [2.75, 3.05) is 10.6 Å². The molecule has 1 fully saturated rings. The fourth-order valence-corrected chi connectivity index (χ4v) is 4.93. The largest absolute Gasteiger partial charge is 0.416 e. The zero-order chi connectivity index (χ0) is 30.7. The zero-order valence-corrected chi connectivity index (χ0v) is 22.3. The van der Waals surface area contributed by atoms with Crippen LogP contribution in [0.15, 0.2) is 59.5 Å². The first kappa shape index (κ1) is 29.4. The number of hydrogen-bond acceptors (Lipinski definition) is 7. The second-order valence-electron chi connectivity index (χ2n) is 9.83. The highest BCUT2D eigenvalue weighted by molar-refractivity contribution is 7.89. The summed E-state index contributed by atoms with van der Waals surface area (Å²) >= 11 is 0. The molecular formula is C26H21F7N6O2S. The molecule has 16 heteroatoms. The van der Waals surface area contributed by atoms with E-state index in [9.17, 15) is 39.2 Å². The van der Waals surface area contributed by atoms with Crippen molar-refractivity contribution in [3.63, 3.8) is 0 Å². The van der Waals surface area contributed by atoms with Crippen LogP contribution in [0.1, 0.15) is 36.9 Å². The van der Waals surface area contributed by atoms with Gasteiger partial charge in [-0.2, -0.15) is 31.3 Å². The summed E-state index contributed by atoms with van der Waals surface area (Å²) in [6.07, 6.45) is -10.1. The number of nitrogens with zero attached hydrogens (tertiary/aromatic N) is 3. The van der Waals surface area contributed by atoms with E-state index in [2.05, 4.69) is 25.6 Å². The molecule has 0 bridgehead atoms. The molecule has 1 atom stereocenters. The normalized spacial score (nSPS) is 15.8. The predicted molar refractivity (Wildman–Crippen MR) is 139 cm³/mol. The highest BCUT2D eigenvalue weighted by atomic mass is 32.2. The molecule has 4 N–H and O–H groups in total. The van der Waals surface area contributed by atoms with E-state index >= 15 is 0 Å². The maximum absolute atomic E-state index is 13.9. The Hall–Kier alpha value is -4.05. The molecule has 2 aromatic carbocycles. The molecule has 0 saturated heterocycles. The topological polar surface area (TPSA) is 123 Å². The number of sulfonamides is 1. The number of fused-ring (bicyclic) bond motifs is 1. The van der Waals surface area contributed by atoms with Crippen LogP contribution in [0, 0.1) is 5.82 Å². The van der Waals surface area contributed by atoms with Gasteiger partial charge >= 0.3 is 12.4 Å². The van der Waals surface area contributed by atoms with Crippen molar-refractivity contribution in [2.45, 2.75) is 48.6 Å². The van der Waals surface area contributed by atoms with Crippen molar-refractivity contribution in [3.8, 4) is 11.3 Å². The first-order valence-corrected chi connectivity index (χ1v) is 13.8. The minimum atomic E-state index is -4.96. The van der Waals surface area contributed by atoms with Crippen molar-refractivity contribution < 1.29 is 39.2 Å². The van der Waals surface area contributed by atoms with Gasteiger partial charge in [0.2, 0.25) is 16.0 Å². The molecule has 0 unspecified atom stereocenters. The van der Waals surface area contributed by atoms with Gasteiger partial charge in [-0.15, -0.1) is 0 Å². The Balaban J connectivity index is 1.58. The van der Waals surface area contributed by atoms with Crippen LogP contribution in [-0.4, -0.2) is 35.1 Å². The molecule has 1 aliphatic carbocycles. The highest BCUT2D eigenvalue weighted by Gasteiger charge is 2.64. The molecule has 222 valence electrons. The van der Waals surface area contributed by atoms with Crippen LogP contribution in [-0.2, 0) is 16.2 Å². The van der Waals surface area contributed by atoms with E-state index in [0.29, 0.717) is 17.3 Å². The summed E-state index contributed by atoms with van der Waals surface area (Å²) in [7, 11) is -4.44. The van der Waals surface area contributed by atoms with Crippen LogP contribution in [0.5, 0.6) is 0 Å². The van der Waals surface area contributed by atoms with Gasteiger partial charge in [0.1, 0.15) is 16.9 Å². The molecule has 5 rings (SSSR count). The third kappa shape index (κ3) is 5.81. The Morgan fingerprint density at radius 1 is 0.929 bits per heavy atom. The fraction of sp³-hybridized carbons (Fsp3) is 0.269. The average Bonchev–Trinajstić information content (AvgIpc) is 3.69. The van der Waals surface area contributed by atoms with Gasteiger partial charge < -0.3 is 10.6 Å². The average molecular weight is 615 g/mol. The van der Waals surface area contributed by atoms with Gasteiger partial charge in [0.05, 0.1) is 27.7 Å². The summed E-state index contributed by atoms with van der Waals surface area (Å²) in [6.45, 7) is 1.32. The van der Waals surface area contributed by atoms with Crippen LogP contribution in [0.25, 0.3) is 22.3 Å². The molecule has 1 aliphatic rings. The van der Waals surface area contributed by atoms with Crippen molar-refractivity contribution in [3.05, 3.63) is 71.5 Å². The fourth-order valence-electron chi connectivity index (χ4n) is 4.39. The monoisotopic (exact) mass is 614 g/mol. The molecule has 8 nitrogen and oxygen atoms in total. The van der Waals surface area contributed by atoms with Crippen LogP contribution >= 0.6 is 0 Å². The van der Waals surface area contributed by atoms with Gasteiger partial charge in [-0.05, 0) is 73.9 Å². The lowest BCUT2D eigenvalue weighted by Crippen LogP contribution is -2.39. The van der Waals surface area contributed by atoms with Crippen molar-refractivity contribution in [2.24, 2.45) is 5.14 Å². The van der Waals surface area contributed by atoms with Gasteiger partial charge in [0.25, 0.3) is 0 Å². The summed E-state index contributed by atoms with van der Waals surface area (Å²) in [5, 5.41) is 10.1. The number of hydrogen-bond donors (Lipinski definition) is 3. The lowest BCUT2D eigenvalue weighted by atomic mass is 10.0. The van der Waals surface area contributed by atoms with Crippen LogP contribution in [0.3, 0.4) is 0 Å². The summed E-state index contributed by atoms with van der Waals surface area (Å²) < 4.78 is 120. The van der Waals surface area contributed by atoms with Crippen LogP contribution in [0.4, 0.5) is 42.5 Å². The van der Waals surface area contributed by atoms with E-state index < -0.39 is 50.2 Å². The summed E-state index contributed by atoms with van der Waals surface area (Å²) in [5.74, 6) is -1.12. The summed E-state index contributed by atoms with van der Waals surface area (Å²) in [5.41, 5.74) is -3.13. The van der Waals surface area contributed by atoms with E-state index in [1.807, 2.05) is 0 Å². The smallest absolute Gasteiger partial charge is 0.354 e. The molecule has 0 radical (unpaired) electrons. The molecule has 1 saturated carbocycles. The second kappa shape index (κ2) is 10.0. The number of alkyl halides is 6. The summed E-state index contributed by atoms with van der Waals surface area (Å²) in [4.78, 5) is 12.1. The summed E-state index contributed by atoms with van der Waals surface area (Å²) in [6, 6.07) is 9.26. The SMILES string of the molecule is C[C@@H](Nc1nc(NC2(C(F)(F)F)CC2)c2nc(-c3ccc(F)cc3)ccc2n1)c1ccc(S(N)(=O)=O)cc1C(F)(F)F. The number of anilines is 2. The first-order chi connectivity index (χ1) is 19.5. The molecular weight excluding hydrogens is 593 g/mol. The highest BCUT2D eigenvalue weighted by Crippen LogP contribution is 2.51. The maximum atomic E-state index is 13.9. The number of pyridine rings is 1. The Labute approximate surface area is 234 Å². The third-order valence-electron chi connectivity index (χ3n) is 6.80. The van der Waals surface area contributed by atoms with Gasteiger partial charge in [0, 0.05) is 5.56 Å². The zero-order valence-electron chi connectivity index (χ0n) is 21.5. The van der Waals surface area contributed by atoms with E-state index in [1.165, 1.54) is 43.3 Å². The lowest BCUT2D eigenvalue weighted by molar-refractivity contribution is -0.151. The Kier molecular flexibility index (Phi) is 7.04. The van der Waals surface area contributed by atoms with Crippen molar-refractivity contribution >= 4 is 32.8 Å². The van der Waals surface area contributed by atoms with Gasteiger partial charge in [-0.1, -0.05) is 6.07 Å². The molecule has 4 aromatic rings. The molecule has 2 aromatic heterocycles. The first-order valence-electron chi connectivity index (χ1n) is 12.3. The molecule has 2 heterocycles. The van der Waals surface area contributed by atoms with Gasteiger partial charge in [-0.25, -0.2) is 27.9 Å². The number of aromatic nitrogens is 3. The quantitative estimate of drug-likeness (QED) is 0.213. The van der Waals surface area contributed by atoms with E-state index in [1.54, 1.807) is 0 Å². The number of primary sulfonamides is 1.